The van der Waals surface area contributed by atoms with E-state index in [1.807, 2.05) is 45.4 Å². The molecule has 0 saturated heterocycles. The minimum atomic E-state index is -4.65. The minimum absolute atomic E-state index is 0.0507. The Morgan fingerprint density at radius 1 is 0.590 bits per heavy atom. The molecular formula is C50H90NO9P. The van der Waals surface area contributed by atoms with Crippen LogP contribution in [-0.4, -0.2) is 81.2 Å². The smallest absolute Gasteiger partial charge is 0.306 e. The molecule has 0 radical (unpaired) electrons. The molecule has 0 aliphatic heterocycles. The molecular weight excluding hydrogens is 790 g/mol. The maximum absolute atomic E-state index is 12.7. The number of aliphatic hydroxyl groups excluding tert-OH is 1. The van der Waals surface area contributed by atoms with E-state index in [0.29, 0.717) is 30.3 Å². The third kappa shape index (κ3) is 45.5. The van der Waals surface area contributed by atoms with Gasteiger partial charge in [0.1, 0.15) is 19.8 Å². The van der Waals surface area contributed by atoms with Crippen LogP contribution >= 0.6 is 7.82 Å². The monoisotopic (exact) mass is 880 g/mol. The van der Waals surface area contributed by atoms with E-state index in [1.54, 1.807) is 0 Å². The maximum atomic E-state index is 12.7. The lowest BCUT2D eigenvalue weighted by Gasteiger charge is -2.28. The Bertz CT molecular complexity index is 1240. The zero-order valence-corrected chi connectivity index (χ0v) is 40.4. The van der Waals surface area contributed by atoms with Gasteiger partial charge in [-0.3, -0.25) is 14.2 Å². The molecule has 11 heteroatoms. The number of allylic oxidation sites excluding steroid dienone is 9. The number of nitrogens with zero attached hydrogens (tertiary/aromatic N) is 1. The highest BCUT2D eigenvalue weighted by Gasteiger charge is 2.21. The van der Waals surface area contributed by atoms with Crippen molar-refractivity contribution in [2.45, 2.75) is 199 Å². The number of unbranched alkanes of at least 4 members (excludes halogenated alkanes) is 17. The van der Waals surface area contributed by atoms with Gasteiger partial charge in [0.2, 0.25) is 0 Å². The molecule has 1 N–H and O–H groups in total. The normalized spacial score (nSPS) is 14.5. The fraction of sp³-hybridized carbons (Fsp3) is 0.760. The first-order chi connectivity index (χ1) is 29.4. The van der Waals surface area contributed by atoms with Crippen LogP contribution < -0.4 is 4.89 Å². The summed E-state index contributed by atoms with van der Waals surface area (Å²) in [6.07, 6.45) is 47.3. The van der Waals surface area contributed by atoms with Gasteiger partial charge in [-0.05, 0) is 70.6 Å². The Morgan fingerprint density at radius 2 is 1.07 bits per heavy atom. The molecule has 0 amide bonds. The van der Waals surface area contributed by atoms with Crippen LogP contribution in [0.15, 0.2) is 60.8 Å². The van der Waals surface area contributed by atoms with Crippen LogP contribution in [0.3, 0.4) is 0 Å². The van der Waals surface area contributed by atoms with Crippen molar-refractivity contribution in [2.24, 2.45) is 0 Å². The Labute approximate surface area is 373 Å². The van der Waals surface area contributed by atoms with E-state index >= 15 is 0 Å². The summed E-state index contributed by atoms with van der Waals surface area (Å²) in [5.74, 6) is -0.926. The largest absolute Gasteiger partial charge is 0.756 e. The molecule has 0 heterocycles. The van der Waals surface area contributed by atoms with Crippen molar-refractivity contribution in [3.63, 3.8) is 0 Å². The van der Waals surface area contributed by atoms with Gasteiger partial charge in [-0.15, -0.1) is 0 Å². The predicted octanol–water partition coefficient (Wildman–Crippen LogP) is 12.4. The molecule has 0 aromatic carbocycles. The molecule has 0 rings (SSSR count). The average Bonchev–Trinajstić information content (AvgIpc) is 3.21. The second-order valence-electron chi connectivity index (χ2n) is 17.3. The van der Waals surface area contributed by atoms with E-state index in [-0.39, 0.29) is 32.2 Å². The van der Waals surface area contributed by atoms with Gasteiger partial charge >= 0.3 is 11.9 Å². The van der Waals surface area contributed by atoms with Crippen molar-refractivity contribution in [3.8, 4) is 0 Å². The van der Waals surface area contributed by atoms with Gasteiger partial charge in [0.25, 0.3) is 7.82 Å². The van der Waals surface area contributed by atoms with E-state index in [4.69, 9.17) is 18.5 Å². The highest BCUT2D eigenvalue weighted by Crippen LogP contribution is 2.38. The first kappa shape index (κ1) is 58.7. The summed E-state index contributed by atoms with van der Waals surface area (Å²) < 4.78 is 33.9. The lowest BCUT2D eigenvalue weighted by molar-refractivity contribution is -0.870. The number of quaternary nitrogens is 1. The summed E-state index contributed by atoms with van der Waals surface area (Å²) in [5, 5.41) is 9.83. The van der Waals surface area contributed by atoms with Gasteiger partial charge in [0.15, 0.2) is 6.10 Å². The third-order valence-corrected chi connectivity index (χ3v) is 11.0. The third-order valence-electron chi connectivity index (χ3n) is 10.1. The Hall–Kier alpha value is -2.33. The molecule has 0 aliphatic rings. The van der Waals surface area contributed by atoms with Crippen LogP contribution in [0, 0.1) is 0 Å². The topological polar surface area (TPSA) is 131 Å². The summed E-state index contributed by atoms with van der Waals surface area (Å²) in [4.78, 5) is 37.6. The van der Waals surface area contributed by atoms with E-state index in [0.717, 1.165) is 57.8 Å². The van der Waals surface area contributed by atoms with Crippen molar-refractivity contribution in [1.29, 1.82) is 0 Å². The number of aliphatic hydroxyl groups is 1. The van der Waals surface area contributed by atoms with Gasteiger partial charge in [0, 0.05) is 12.8 Å². The number of phosphoric ester groups is 1. The molecule has 354 valence electrons. The molecule has 61 heavy (non-hydrogen) atoms. The first-order valence-electron chi connectivity index (χ1n) is 24.1. The number of esters is 2. The molecule has 0 bridgehead atoms. The maximum Gasteiger partial charge on any atom is 0.306 e. The van der Waals surface area contributed by atoms with Crippen molar-refractivity contribution in [2.75, 3.05) is 47.5 Å². The molecule has 0 fully saturated rings. The zero-order chi connectivity index (χ0) is 45.1. The van der Waals surface area contributed by atoms with Gasteiger partial charge < -0.3 is 33.0 Å². The lowest BCUT2D eigenvalue weighted by atomic mass is 10.1. The number of hydrogen-bond acceptors (Lipinski definition) is 9. The second kappa shape index (κ2) is 41.7. The van der Waals surface area contributed by atoms with Gasteiger partial charge in [-0.1, -0.05) is 164 Å². The predicted molar refractivity (Wildman–Crippen MR) is 251 cm³/mol. The average molecular weight is 880 g/mol. The van der Waals surface area contributed by atoms with Crippen LogP contribution in [0.1, 0.15) is 187 Å². The van der Waals surface area contributed by atoms with Crippen LogP contribution in [0.2, 0.25) is 0 Å². The number of carbonyl (C=O) groups excluding carboxylic acids is 2. The van der Waals surface area contributed by atoms with Crippen LogP contribution in [0.25, 0.3) is 0 Å². The van der Waals surface area contributed by atoms with Crippen molar-refractivity contribution >= 4 is 19.8 Å². The van der Waals surface area contributed by atoms with Crippen molar-refractivity contribution in [1.82, 2.24) is 0 Å². The first-order valence-corrected chi connectivity index (χ1v) is 25.5. The van der Waals surface area contributed by atoms with E-state index in [2.05, 4.69) is 50.3 Å². The number of rotatable bonds is 43. The second-order valence-corrected chi connectivity index (χ2v) is 18.7. The summed E-state index contributed by atoms with van der Waals surface area (Å²) >= 11 is 0. The fourth-order valence-corrected chi connectivity index (χ4v) is 6.98. The summed E-state index contributed by atoms with van der Waals surface area (Å²) in [5.41, 5.74) is 0. The molecule has 0 saturated carbocycles. The molecule has 0 aromatic rings. The lowest BCUT2D eigenvalue weighted by Crippen LogP contribution is -2.37. The van der Waals surface area contributed by atoms with Crippen LogP contribution in [0.5, 0.6) is 0 Å². The van der Waals surface area contributed by atoms with Crippen LogP contribution in [-0.2, 0) is 32.7 Å². The number of likely N-dealkylation sites (N-methyl/N-ethyl adjacent to an activating group) is 1. The van der Waals surface area contributed by atoms with Crippen LogP contribution in [0.4, 0.5) is 0 Å². The number of carbonyl (C=O) groups is 2. The zero-order valence-electron chi connectivity index (χ0n) is 39.5. The Kier molecular flexibility index (Phi) is 40.1. The van der Waals surface area contributed by atoms with Gasteiger partial charge in [-0.25, -0.2) is 0 Å². The highest BCUT2D eigenvalue weighted by molar-refractivity contribution is 7.45. The molecule has 0 spiro atoms. The fourth-order valence-electron chi connectivity index (χ4n) is 6.25. The van der Waals surface area contributed by atoms with E-state index in [9.17, 15) is 24.2 Å². The molecule has 0 aromatic heterocycles. The number of phosphoric acid groups is 1. The molecule has 3 atom stereocenters. The van der Waals surface area contributed by atoms with Gasteiger partial charge in [0.05, 0.1) is 33.9 Å². The molecule has 0 aliphatic carbocycles. The molecule has 10 nitrogen and oxygen atoms in total. The SMILES string of the molecule is CCCCCCCC/C=C\CCCCCCCCCCCC(=O)OC[C@H](COP(=O)([O-])OCC[N+](C)(C)C)OC(=O)CCC/C=C\C/C=C\C/C=C\C/C=C\[C@H](O)CCCC. The van der Waals surface area contributed by atoms with E-state index < -0.39 is 32.5 Å². The Morgan fingerprint density at radius 3 is 1.64 bits per heavy atom. The minimum Gasteiger partial charge on any atom is -0.756 e. The Balaban J connectivity index is 4.41. The number of ether oxygens (including phenoxy) is 2. The van der Waals surface area contributed by atoms with Crippen molar-refractivity contribution < 1.29 is 47.2 Å². The summed E-state index contributed by atoms with van der Waals surface area (Å²) in [7, 11) is 1.10. The quantitative estimate of drug-likeness (QED) is 0.0209. The van der Waals surface area contributed by atoms with Crippen molar-refractivity contribution in [3.05, 3.63) is 60.8 Å². The summed E-state index contributed by atoms with van der Waals surface area (Å²) in [6, 6.07) is 0. The summed E-state index contributed by atoms with van der Waals surface area (Å²) in [6.45, 7) is 3.99. The number of hydrogen-bond donors (Lipinski definition) is 1. The highest BCUT2D eigenvalue weighted by atomic mass is 31.2. The molecule has 1 unspecified atom stereocenters. The van der Waals surface area contributed by atoms with E-state index in [1.165, 1.54) is 83.5 Å². The van der Waals surface area contributed by atoms with Gasteiger partial charge in [-0.2, -0.15) is 0 Å². The standard InChI is InChI=1S/C50H90NO9P/c1-6-8-10-11-12-13-14-15-16-17-18-19-20-21-25-28-31-34-37-41-49(53)57-45-48(46-59-61(55,56)58-44-43-51(3,4)5)60-50(54)42-38-35-32-29-26-23-22-24-27-30-33-36-40-47(52)39-9-7-2/h15-16,22-23,27,29-30,32,36,40,47-48,52H,6-14,17-21,24-26,28,31,33-35,37-39,41-46H2,1-5H3/b16-15-,23-22-,30-27-,32-29-,40-36-/t47-,48-/m1/s1.